The first-order valence-corrected chi connectivity index (χ1v) is 9.30. The van der Waals surface area contributed by atoms with Crippen LogP contribution in [0.5, 0.6) is 0 Å². The molecule has 8 heteroatoms. The Morgan fingerprint density at radius 1 is 1.39 bits per heavy atom. The number of nitrogens with zero attached hydrogens (tertiary/aromatic N) is 2. The van der Waals surface area contributed by atoms with E-state index >= 15 is 0 Å². The molecule has 2 rings (SSSR count). The lowest BCUT2D eigenvalue weighted by Gasteiger charge is -2.32. The largest absolute Gasteiger partial charge is 0.462 e. The summed E-state index contributed by atoms with van der Waals surface area (Å²) in [6.45, 7) is 3.59. The minimum atomic E-state index is -3.34. The minimum absolute atomic E-state index is 0.326. The third-order valence-corrected chi connectivity index (χ3v) is 5.51. The molecule has 1 aliphatic heterocycles. The van der Waals surface area contributed by atoms with Gasteiger partial charge in [0, 0.05) is 34.3 Å². The molecule has 0 spiro atoms. The van der Waals surface area contributed by atoms with E-state index in [0.717, 1.165) is 44.0 Å². The van der Waals surface area contributed by atoms with Crippen LogP contribution in [0.4, 0.5) is 0 Å². The zero-order valence-corrected chi connectivity index (χ0v) is 14.9. The first-order valence-electron chi connectivity index (χ1n) is 7.86. The Morgan fingerprint density at radius 3 is 2.83 bits per heavy atom. The highest BCUT2D eigenvalue weighted by Crippen LogP contribution is 2.19. The highest BCUT2D eigenvalue weighted by atomic mass is 32.2. The van der Waals surface area contributed by atoms with E-state index in [-0.39, 0.29) is 0 Å². The summed E-state index contributed by atoms with van der Waals surface area (Å²) >= 11 is 0. The molecule has 7 nitrogen and oxygen atoms in total. The number of furan rings is 1. The van der Waals surface area contributed by atoms with Crippen LogP contribution in [0.3, 0.4) is 0 Å². The van der Waals surface area contributed by atoms with Crippen LogP contribution >= 0.6 is 0 Å². The molecule has 1 aliphatic rings. The summed E-state index contributed by atoms with van der Waals surface area (Å²) in [6, 6.07) is 3.91. The summed E-state index contributed by atoms with van der Waals surface area (Å²) in [7, 11) is 1.36. The molecule has 2 heterocycles. The second-order valence-electron chi connectivity index (χ2n) is 6.18. The molecular weight excluding hydrogens is 318 g/mol. The Balaban J connectivity index is 1.83. The summed E-state index contributed by atoms with van der Waals surface area (Å²) in [5.41, 5.74) is 0. The van der Waals surface area contributed by atoms with Crippen LogP contribution in [0.25, 0.3) is 0 Å². The molecule has 0 unspecified atom stereocenters. The average Bonchev–Trinajstić information content (AvgIpc) is 2.93. The normalized spacial score (nSPS) is 20.3. The van der Waals surface area contributed by atoms with Gasteiger partial charge in [0.2, 0.25) is 0 Å². The fourth-order valence-corrected chi connectivity index (χ4v) is 3.47. The molecular formula is C15H27N3O4S. The van der Waals surface area contributed by atoms with E-state index < -0.39 is 10.2 Å². The zero-order chi connectivity index (χ0) is 16.9. The van der Waals surface area contributed by atoms with Crippen molar-refractivity contribution in [2.45, 2.75) is 26.0 Å². The summed E-state index contributed by atoms with van der Waals surface area (Å²) < 4.78 is 38.2. The summed E-state index contributed by atoms with van der Waals surface area (Å²) in [4.78, 5) is 2.31. The maximum atomic E-state index is 11.8. The summed E-state index contributed by atoms with van der Waals surface area (Å²) in [6.07, 6.45) is 2.11. The molecule has 0 amide bonds. The molecule has 1 N–H and O–H groups in total. The number of piperidine rings is 1. The second-order valence-corrected chi connectivity index (χ2v) is 8.15. The van der Waals surface area contributed by atoms with Gasteiger partial charge in [-0.15, -0.1) is 0 Å². The number of hydrogen-bond donors (Lipinski definition) is 1. The number of rotatable bonds is 8. The highest BCUT2D eigenvalue weighted by molar-refractivity contribution is 7.87. The van der Waals surface area contributed by atoms with E-state index in [9.17, 15) is 8.42 Å². The fraction of sp³-hybridized carbons (Fsp3) is 0.733. The second kappa shape index (κ2) is 8.25. The van der Waals surface area contributed by atoms with Crippen molar-refractivity contribution < 1.29 is 17.6 Å². The van der Waals surface area contributed by atoms with Crippen molar-refractivity contribution in [3.05, 3.63) is 23.7 Å². The molecule has 0 aliphatic carbocycles. The maximum Gasteiger partial charge on any atom is 0.278 e. The van der Waals surface area contributed by atoms with Crippen molar-refractivity contribution in [3.63, 3.8) is 0 Å². The molecule has 23 heavy (non-hydrogen) atoms. The molecule has 1 aromatic rings. The Hall–Kier alpha value is -0.930. The Labute approximate surface area is 138 Å². The third kappa shape index (κ3) is 5.58. The molecule has 1 aromatic heterocycles. The summed E-state index contributed by atoms with van der Waals surface area (Å²) in [5, 5.41) is 0. The van der Waals surface area contributed by atoms with E-state index in [1.54, 1.807) is 7.11 Å². The van der Waals surface area contributed by atoms with Crippen LogP contribution in [-0.2, 0) is 28.1 Å². The van der Waals surface area contributed by atoms with Crippen LogP contribution in [0.15, 0.2) is 16.5 Å². The van der Waals surface area contributed by atoms with Gasteiger partial charge in [-0.1, -0.05) is 0 Å². The first kappa shape index (κ1) is 18.4. The SMILES string of the molecule is COCc1ccc(CN2CCC[C@@H](CNS(=O)(=O)N(C)C)C2)o1. The number of likely N-dealkylation sites (tertiary alicyclic amines) is 1. The predicted octanol–water partition coefficient (Wildman–Crippen LogP) is 1.03. The maximum absolute atomic E-state index is 11.8. The molecule has 0 saturated carbocycles. The van der Waals surface area contributed by atoms with Gasteiger partial charge in [0.25, 0.3) is 10.2 Å². The fourth-order valence-electron chi connectivity index (χ4n) is 2.76. The van der Waals surface area contributed by atoms with E-state index in [4.69, 9.17) is 9.15 Å². The molecule has 1 saturated heterocycles. The van der Waals surface area contributed by atoms with Crippen LogP contribution in [0, 0.1) is 5.92 Å². The smallest absolute Gasteiger partial charge is 0.278 e. The number of ether oxygens (including phenoxy) is 1. The van der Waals surface area contributed by atoms with E-state index in [1.807, 2.05) is 12.1 Å². The highest BCUT2D eigenvalue weighted by Gasteiger charge is 2.23. The zero-order valence-electron chi connectivity index (χ0n) is 14.1. The van der Waals surface area contributed by atoms with Gasteiger partial charge in [0.05, 0.1) is 6.54 Å². The molecule has 1 atom stereocenters. The molecule has 0 bridgehead atoms. The van der Waals surface area contributed by atoms with E-state index in [2.05, 4.69) is 9.62 Å². The Kier molecular flexibility index (Phi) is 6.60. The molecule has 0 radical (unpaired) electrons. The van der Waals surface area contributed by atoms with Crippen molar-refractivity contribution in [1.82, 2.24) is 13.9 Å². The number of hydrogen-bond acceptors (Lipinski definition) is 5. The lowest BCUT2D eigenvalue weighted by Crippen LogP contribution is -2.43. The van der Waals surface area contributed by atoms with Gasteiger partial charge in [-0.05, 0) is 37.4 Å². The summed E-state index contributed by atoms with van der Waals surface area (Å²) in [5.74, 6) is 2.08. The number of methoxy groups -OCH3 is 1. The van der Waals surface area contributed by atoms with Crippen molar-refractivity contribution in [2.24, 2.45) is 5.92 Å². The van der Waals surface area contributed by atoms with Crippen molar-refractivity contribution in [2.75, 3.05) is 40.8 Å². The molecule has 1 fully saturated rings. The lowest BCUT2D eigenvalue weighted by molar-refractivity contribution is 0.144. The van der Waals surface area contributed by atoms with Crippen LogP contribution in [0.2, 0.25) is 0 Å². The predicted molar refractivity (Wildman–Crippen MR) is 88.0 cm³/mol. The van der Waals surface area contributed by atoms with Gasteiger partial charge in [-0.25, -0.2) is 4.72 Å². The van der Waals surface area contributed by atoms with Crippen molar-refractivity contribution in [1.29, 1.82) is 0 Å². The van der Waals surface area contributed by atoms with Gasteiger partial charge in [-0.3, -0.25) is 4.90 Å². The van der Waals surface area contributed by atoms with Gasteiger partial charge >= 0.3 is 0 Å². The van der Waals surface area contributed by atoms with Crippen molar-refractivity contribution in [3.8, 4) is 0 Å². The van der Waals surface area contributed by atoms with Crippen molar-refractivity contribution >= 4 is 10.2 Å². The lowest BCUT2D eigenvalue weighted by atomic mass is 9.98. The van der Waals surface area contributed by atoms with Gasteiger partial charge in [0.1, 0.15) is 18.1 Å². The van der Waals surface area contributed by atoms with Crippen LogP contribution in [-0.4, -0.2) is 58.5 Å². The third-order valence-electron chi connectivity index (χ3n) is 4.02. The van der Waals surface area contributed by atoms with Gasteiger partial charge in [-0.2, -0.15) is 12.7 Å². The molecule has 0 aromatic carbocycles. The topological polar surface area (TPSA) is 75.0 Å². The average molecular weight is 345 g/mol. The van der Waals surface area contributed by atoms with Gasteiger partial charge in [0.15, 0.2) is 0 Å². The molecule has 132 valence electrons. The quantitative estimate of drug-likeness (QED) is 0.762. The first-order chi connectivity index (χ1) is 10.9. The number of nitrogens with one attached hydrogen (secondary N) is 1. The standard InChI is InChI=1S/C15H27N3O4S/c1-17(2)23(19,20)16-9-13-5-4-8-18(10-13)11-14-6-7-15(22-14)12-21-3/h6-7,13,16H,4-5,8-12H2,1-3H3/t13-/m0/s1. The van der Waals surface area contributed by atoms with Crippen LogP contribution in [0.1, 0.15) is 24.4 Å². The Morgan fingerprint density at radius 2 is 2.13 bits per heavy atom. The van der Waals surface area contributed by atoms with E-state index in [0.29, 0.717) is 19.1 Å². The van der Waals surface area contributed by atoms with Gasteiger partial charge < -0.3 is 9.15 Å². The van der Waals surface area contributed by atoms with Crippen LogP contribution < -0.4 is 4.72 Å². The monoisotopic (exact) mass is 345 g/mol. The van der Waals surface area contributed by atoms with E-state index in [1.165, 1.54) is 18.4 Å². The minimum Gasteiger partial charge on any atom is -0.462 e. The Bertz CT molecular complexity index is 585.